The lowest BCUT2D eigenvalue weighted by atomic mass is 10.0. The van der Waals surface area contributed by atoms with E-state index < -0.39 is 0 Å². The minimum Gasteiger partial charge on any atom is -0.393 e. The molecule has 5 heteroatoms. The first kappa shape index (κ1) is 17.2. The van der Waals surface area contributed by atoms with Crippen molar-refractivity contribution in [1.82, 2.24) is 15.3 Å². The van der Waals surface area contributed by atoms with E-state index in [0.29, 0.717) is 5.92 Å². The van der Waals surface area contributed by atoms with Gasteiger partial charge in [-0.3, -0.25) is 0 Å². The van der Waals surface area contributed by atoms with E-state index in [1.54, 1.807) is 0 Å². The van der Waals surface area contributed by atoms with E-state index >= 15 is 0 Å². The molecule has 0 saturated carbocycles. The monoisotopic (exact) mass is 306 g/mol. The quantitative estimate of drug-likeness (QED) is 0.757. The predicted octanol–water partition coefficient (Wildman–Crippen LogP) is 2.27. The standard InChI is InChI=1S/C17H30N4O/c1-13(2)16(22)7-8-18-12-15-11-14(3)19-17(20-15)21-9-5-4-6-10-21/h11,13,16,18,22H,4-10,12H2,1-3H3. The fraction of sp³-hybridized carbons (Fsp3) is 0.765. The van der Waals surface area contributed by atoms with Crippen LogP contribution in [0, 0.1) is 12.8 Å². The van der Waals surface area contributed by atoms with Crippen molar-refractivity contribution in [3.63, 3.8) is 0 Å². The maximum absolute atomic E-state index is 9.81. The molecular formula is C17H30N4O. The Kier molecular flexibility index (Phi) is 6.58. The number of piperidine rings is 1. The molecule has 0 radical (unpaired) electrons. The van der Waals surface area contributed by atoms with E-state index in [4.69, 9.17) is 4.98 Å². The molecule has 1 aliphatic heterocycles. The molecule has 1 fully saturated rings. The van der Waals surface area contributed by atoms with Crippen molar-refractivity contribution in [2.75, 3.05) is 24.5 Å². The maximum atomic E-state index is 9.81. The average Bonchev–Trinajstić information content (AvgIpc) is 2.51. The van der Waals surface area contributed by atoms with E-state index in [9.17, 15) is 5.11 Å². The smallest absolute Gasteiger partial charge is 0.225 e. The lowest BCUT2D eigenvalue weighted by Crippen LogP contribution is -2.31. The summed E-state index contributed by atoms with van der Waals surface area (Å²) < 4.78 is 0. The number of nitrogens with zero attached hydrogens (tertiary/aromatic N) is 3. The molecular weight excluding hydrogens is 276 g/mol. The topological polar surface area (TPSA) is 61.3 Å². The van der Waals surface area contributed by atoms with Gasteiger partial charge in [0.15, 0.2) is 0 Å². The van der Waals surface area contributed by atoms with Gasteiger partial charge >= 0.3 is 0 Å². The molecule has 0 bridgehead atoms. The van der Waals surface area contributed by atoms with E-state index in [1.165, 1.54) is 19.3 Å². The molecule has 0 aromatic carbocycles. The Morgan fingerprint density at radius 1 is 1.23 bits per heavy atom. The van der Waals surface area contributed by atoms with E-state index in [1.807, 2.05) is 26.8 Å². The second-order valence-corrected chi connectivity index (χ2v) is 6.63. The van der Waals surface area contributed by atoms with Crippen molar-refractivity contribution in [2.45, 2.75) is 59.1 Å². The average molecular weight is 306 g/mol. The summed E-state index contributed by atoms with van der Waals surface area (Å²) in [6.07, 6.45) is 4.33. The molecule has 5 nitrogen and oxygen atoms in total. The van der Waals surface area contributed by atoms with Crippen LogP contribution in [0.3, 0.4) is 0 Å². The summed E-state index contributed by atoms with van der Waals surface area (Å²) in [6, 6.07) is 2.04. The first-order valence-corrected chi connectivity index (χ1v) is 8.54. The van der Waals surface area contributed by atoms with Gasteiger partial charge in [0.2, 0.25) is 5.95 Å². The number of rotatable bonds is 7. The first-order valence-electron chi connectivity index (χ1n) is 8.54. The number of aliphatic hydroxyl groups is 1. The SMILES string of the molecule is Cc1cc(CNCCC(O)C(C)C)nc(N2CCCCC2)n1. The molecule has 1 aliphatic rings. The highest BCUT2D eigenvalue weighted by atomic mass is 16.3. The zero-order chi connectivity index (χ0) is 15.9. The molecule has 22 heavy (non-hydrogen) atoms. The lowest BCUT2D eigenvalue weighted by molar-refractivity contribution is 0.116. The van der Waals surface area contributed by atoms with Crippen LogP contribution in [-0.2, 0) is 6.54 Å². The van der Waals surface area contributed by atoms with Crippen molar-refractivity contribution >= 4 is 5.95 Å². The zero-order valence-electron chi connectivity index (χ0n) is 14.2. The summed E-state index contributed by atoms with van der Waals surface area (Å²) in [4.78, 5) is 11.6. The van der Waals surface area contributed by atoms with Crippen LogP contribution in [0.1, 0.15) is 50.9 Å². The molecule has 1 aromatic rings. The van der Waals surface area contributed by atoms with Crippen LogP contribution in [0.2, 0.25) is 0 Å². The Balaban J connectivity index is 1.86. The molecule has 0 spiro atoms. The number of aliphatic hydroxyl groups excluding tert-OH is 1. The first-order chi connectivity index (χ1) is 10.6. The Morgan fingerprint density at radius 3 is 2.64 bits per heavy atom. The second-order valence-electron chi connectivity index (χ2n) is 6.63. The Hall–Kier alpha value is -1.20. The van der Waals surface area contributed by atoms with Gasteiger partial charge in [0.05, 0.1) is 11.8 Å². The van der Waals surface area contributed by atoms with Crippen LogP contribution in [-0.4, -0.2) is 40.8 Å². The number of aryl methyl sites for hydroxylation is 1. The van der Waals surface area contributed by atoms with Crippen LogP contribution < -0.4 is 10.2 Å². The van der Waals surface area contributed by atoms with Crippen LogP contribution in [0.15, 0.2) is 6.07 Å². The van der Waals surface area contributed by atoms with E-state index in [-0.39, 0.29) is 6.10 Å². The van der Waals surface area contributed by atoms with Gasteiger partial charge in [-0.2, -0.15) is 0 Å². The van der Waals surface area contributed by atoms with Gasteiger partial charge in [-0.25, -0.2) is 9.97 Å². The Bertz CT molecular complexity index is 458. The largest absolute Gasteiger partial charge is 0.393 e. The molecule has 2 N–H and O–H groups in total. The molecule has 1 saturated heterocycles. The minimum absolute atomic E-state index is 0.233. The third-order valence-corrected chi connectivity index (χ3v) is 4.23. The van der Waals surface area contributed by atoms with Gasteiger partial charge in [0.1, 0.15) is 0 Å². The van der Waals surface area contributed by atoms with Gasteiger partial charge in [-0.1, -0.05) is 13.8 Å². The third kappa shape index (κ3) is 5.21. The molecule has 1 unspecified atom stereocenters. The number of hydrogen-bond acceptors (Lipinski definition) is 5. The normalized spacial score (nSPS) is 17.0. The fourth-order valence-corrected chi connectivity index (χ4v) is 2.74. The number of nitrogens with one attached hydrogen (secondary N) is 1. The van der Waals surface area contributed by atoms with Crippen LogP contribution in [0.4, 0.5) is 5.95 Å². The summed E-state index contributed by atoms with van der Waals surface area (Å²) in [5.74, 6) is 1.19. The van der Waals surface area contributed by atoms with Crippen molar-refractivity contribution in [3.8, 4) is 0 Å². The van der Waals surface area contributed by atoms with Gasteiger partial charge < -0.3 is 15.3 Å². The number of aromatic nitrogens is 2. The molecule has 1 atom stereocenters. The van der Waals surface area contributed by atoms with Crippen LogP contribution >= 0.6 is 0 Å². The molecule has 124 valence electrons. The lowest BCUT2D eigenvalue weighted by Gasteiger charge is -2.27. The summed E-state index contributed by atoms with van der Waals surface area (Å²) in [7, 11) is 0. The van der Waals surface area contributed by atoms with Crippen LogP contribution in [0.5, 0.6) is 0 Å². The molecule has 2 heterocycles. The van der Waals surface area contributed by atoms with Crippen LogP contribution in [0.25, 0.3) is 0 Å². The summed E-state index contributed by atoms with van der Waals surface area (Å²) >= 11 is 0. The fourth-order valence-electron chi connectivity index (χ4n) is 2.74. The molecule has 0 aliphatic carbocycles. The van der Waals surface area contributed by atoms with Crippen molar-refractivity contribution in [3.05, 3.63) is 17.5 Å². The van der Waals surface area contributed by atoms with Crippen molar-refractivity contribution < 1.29 is 5.11 Å². The zero-order valence-corrected chi connectivity index (χ0v) is 14.2. The minimum atomic E-state index is -0.233. The Morgan fingerprint density at radius 2 is 1.95 bits per heavy atom. The highest BCUT2D eigenvalue weighted by Crippen LogP contribution is 2.16. The predicted molar refractivity (Wildman–Crippen MR) is 90.0 cm³/mol. The van der Waals surface area contributed by atoms with Gasteiger partial charge in [-0.15, -0.1) is 0 Å². The molecule has 0 amide bonds. The van der Waals surface area contributed by atoms with Gasteiger partial charge in [0, 0.05) is 25.3 Å². The highest BCUT2D eigenvalue weighted by Gasteiger charge is 2.14. The molecule has 1 aromatic heterocycles. The second kappa shape index (κ2) is 8.44. The highest BCUT2D eigenvalue weighted by molar-refractivity contribution is 5.32. The number of anilines is 1. The number of hydrogen-bond donors (Lipinski definition) is 2. The van der Waals surface area contributed by atoms with Gasteiger partial charge in [0.25, 0.3) is 0 Å². The van der Waals surface area contributed by atoms with E-state index in [0.717, 1.165) is 49.9 Å². The maximum Gasteiger partial charge on any atom is 0.225 e. The van der Waals surface area contributed by atoms with Gasteiger partial charge in [-0.05, 0) is 51.1 Å². The molecule has 2 rings (SSSR count). The van der Waals surface area contributed by atoms with Crippen molar-refractivity contribution in [1.29, 1.82) is 0 Å². The van der Waals surface area contributed by atoms with Crippen molar-refractivity contribution in [2.24, 2.45) is 5.92 Å². The van der Waals surface area contributed by atoms with E-state index in [2.05, 4.69) is 15.2 Å². The summed E-state index contributed by atoms with van der Waals surface area (Å²) in [5.41, 5.74) is 2.06. The third-order valence-electron chi connectivity index (χ3n) is 4.23. The Labute approximate surface area is 134 Å². The summed E-state index contributed by atoms with van der Waals surface area (Å²) in [5, 5.41) is 13.2. The summed E-state index contributed by atoms with van der Waals surface area (Å²) in [6.45, 7) is 9.79.